The first kappa shape index (κ1) is 18.1. The van der Waals surface area contributed by atoms with E-state index in [1.165, 1.54) is 12.5 Å². The number of aliphatic hydroxyl groups excluding tert-OH is 1. The summed E-state index contributed by atoms with van der Waals surface area (Å²) < 4.78 is 4.57. The van der Waals surface area contributed by atoms with Crippen LogP contribution in [0, 0.1) is 5.41 Å². The molecule has 3 nitrogen and oxygen atoms in total. The molecule has 0 aliphatic carbocycles. The molecule has 0 saturated carbocycles. The summed E-state index contributed by atoms with van der Waals surface area (Å²) in [5.41, 5.74) is 0.542. The molecule has 0 aliphatic rings. The largest absolute Gasteiger partial charge is 0.513 e. The van der Waals surface area contributed by atoms with Crippen molar-refractivity contribution in [1.29, 1.82) is 0 Å². The van der Waals surface area contributed by atoms with Crippen LogP contribution in [-0.2, 0) is 9.53 Å². The Balaban J connectivity index is 0. The minimum atomic E-state index is 0.186. The molecule has 0 bridgehead atoms. The lowest BCUT2D eigenvalue weighted by Gasteiger charge is -2.12. The number of ether oxygens (including phenoxy) is 1. The van der Waals surface area contributed by atoms with Gasteiger partial charge >= 0.3 is 0 Å². The summed E-state index contributed by atoms with van der Waals surface area (Å²) in [6.45, 7) is 12.7. The van der Waals surface area contributed by atoms with E-state index < -0.39 is 0 Å². The topological polar surface area (TPSA) is 46.5 Å². The van der Waals surface area contributed by atoms with Crippen LogP contribution < -0.4 is 0 Å². The average Bonchev–Trinajstić information content (AvgIpc) is 2.24. The number of hydrogen-bond donors (Lipinski definition) is 1. The van der Waals surface area contributed by atoms with Gasteiger partial charge in [0.2, 0.25) is 0 Å². The molecular formula is C14H26O3. The highest BCUT2D eigenvalue weighted by Gasteiger charge is 2.03. The minimum Gasteiger partial charge on any atom is -0.513 e. The second-order valence-electron chi connectivity index (χ2n) is 4.92. The minimum absolute atomic E-state index is 0.186. The number of rotatable bonds is 4. The first-order chi connectivity index (χ1) is 7.76. The third-order valence-electron chi connectivity index (χ3n) is 2.12. The van der Waals surface area contributed by atoms with Crippen molar-refractivity contribution in [2.45, 2.75) is 54.4 Å². The molecule has 0 spiro atoms. The Bertz CT molecular complexity index is 253. The van der Waals surface area contributed by atoms with Crippen molar-refractivity contribution in [3.8, 4) is 0 Å². The first-order valence-corrected chi connectivity index (χ1v) is 5.93. The van der Waals surface area contributed by atoms with E-state index in [1.807, 2.05) is 6.92 Å². The quantitative estimate of drug-likeness (QED) is 0.452. The van der Waals surface area contributed by atoms with Gasteiger partial charge in [-0.2, -0.15) is 0 Å². The second kappa shape index (κ2) is 9.94. The zero-order chi connectivity index (χ0) is 13.9. The fraction of sp³-hybridized carbons (Fsp3) is 0.643. The van der Waals surface area contributed by atoms with Crippen LogP contribution >= 0.6 is 0 Å². The Morgan fingerprint density at radius 3 is 1.94 bits per heavy atom. The second-order valence-corrected chi connectivity index (χ2v) is 4.92. The maximum absolute atomic E-state index is 9.87. The van der Waals surface area contributed by atoms with E-state index in [-0.39, 0.29) is 5.76 Å². The molecule has 0 fully saturated rings. The standard InChI is InChI=1S/C8H12O3.C6H14/c1-3-8(11-6-9)5-4-7(2)10;1-5-6(2,3)4/h4-6,10H,3H2,1-2H3;5H2,1-4H3/b7-4+,8-5+;. The number of allylic oxidation sites excluding steroid dienone is 4. The zero-order valence-corrected chi connectivity index (χ0v) is 11.9. The Morgan fingerprint density at radius 2 is 1.71 bits per heavy atom. The molecule has 0 radical (unpaired) electrons. The molecule has 0 saturated heterocycles. The van der Waals surface area contributed by atoms with E-state index in [0.717, 1.165) is 0 Å². The fourth-order valence-corrected chi connectivity index (χ4v) is 0.516. The van der Waals surface area contributed by atoms with Crippen LogP contribution in [0.2, 0.25) is 0 Å². The summed E-state index contributed by atoms with van der Waals surface area (Å²) in [6.07, 6.45) is 4.93. The lowest BCUT2D eigenvalue weighted by molar-refractivity contribution is -0.125. The Hall–Kier alpha value is -1.25. The van der Waals surface area contributed by atoms with Gasteiger partial charge < -0.3 is 9.84 Å². The van der Waals surface area contributed by atoms with E-state index >= 15 is 0 Å². The molecular weight excluding hydrogens is 216 g/mol. The summed E-state index contributed by atoms with van der Waals surface area (Å²) in [6, 6.07) is 0. The maximum Gasteiger partial charge on any atom is 0.298 e. The number of carbonyl (C=O) groups is 1. The van der Waals surface area contributed by atoms with Gasteiger partial charge in [-0.25, -0.2) is 0 Å². The summed E-state index contributed by atoms with van der Waals surface area (Å²) in [5, 5.41) is 8.74. The molecule has 0 aromatic rings. The highest BCUT2D eigenvalue weighted by Crippen LogP contribution is 2.16. The molecule has 0 heterocycles. The van der Waals surface area contributed by atoms with Gasteiger partial charge in [0.25, 0.3) is 6.47 Å². The van der Waals surface area contributed by atoms with Crippen LogP contribution in [0.3, 0.4) is 0 Å². The maximum atomic E-state index is 9.87. The van der Waals surface area contributed by atoms with Crippen LogP contribution in [0.4, 0.5) is 0 Å². The van der Waals surface area contributed by atoms with Crippen molar-refractivity contribution in [3.63, 3.8) is 0 Å². The van der Waals surface area contributed by atoms with Gasteiger partial charge in [-0.1, -0.05) is 41.0 Å². The Morgan fingerprint density at radius 1 is 1.24 bits per heavy atom. The molecule has 0 atom stereocenters. The normalized spacial score (nSPS) is 12.6. The highest BCUT2D eigenvalue weighted by atomic mass is 16.5. The predicted octanol–water partition coefficient (Wildman–Crippen LogP) is 4.36. The van der Waals surface area contributed by atoms with E-state index in [9.17, 15) is 4.79 Å². The molecule has 1 N–H and O–H groups in total. The van der Waals surface area contributed by atoms with Crippen molar-refractivity contribution in [3.05, 3.63) is 23.7 Å². The zero-order valence-electron chi connectivity index (χ0n) is 11.9. The number of carbonyl (C=O) groups excluding carboxylic acids is 1. The van der Waals surface area contributed by atoms with Crippen molar-refractivity contribution in [2.24, 2.45) is 5.41 Å². The van der Waals surface area contributed by atoms with Gasteiger partial charge in [0.1, 0.15) is 5.76 Å². The molecule has 0 unspecified atom stereocenters. The van der Waals surface area contributed by atoms with Gasteiger partial charge in [0.05, 0.1) is 5.76 Å². The third kappa shape index (κ3) is 17.4. The van der Waals surface area contributed by atoms with Crippen LogP contribution in [0.15, 0.2) is 23.7 Å². The van der Waals surface area contributed by atoms with Gasteiger partial charge in [0.15, 0.2) is 0 Å². The lowest BCUT2D eigenvalue weighted by Crippen LogP contribution is -2.00. The predicted molar refractivity (Wildman–Crippen MR) is 71.7 cm³/mol. The molecule has 0 amide bonds. The molecule has 0 aliphatic heterocycles. The molecule has 100 valence electrons. The summed E-state index contributed by atoms with van der Waals surface area (Å²) in [7, 11) is 0. The third-order valence-corrected chi connectivity index (χ3v) is 2.12. The van der Waals surface area contributed by atoms with Gasteiger partial charge in [-0.05, 0) is 24.5 Å². The van der Waals surface area contributed by atoms with Crippen molar-refractivity contribution in [2.75, 3.05) is 0 Å². The van der Waals surface area contributed by atoms with E-state index in [2.05, 4.69) is 32.4 Å². The lowest BCUT2D eigenvalue weighted by atomic mass is 9.94. The SMILES string of the molecule is CC/C(=C\C=C(/C)O)OC=O.CCC(C)(C)C. The summed E-state index contributed by atoms with van der Waals surface area (Å²) >= 11 is 0. The molecule has 0 rings (SSSR count). The van der Waals surface area contributed by atoms with Crippen LogP contribution in [-0.4, -0.2) is 11.6 Å². The van der Waals surface area contributed by atoms with E-state index in [4.69, 9.17) is 5.11 Å². The Labute approximate surface area is 105 Å². The highest BCUT2D eigenvalue weighted by molar-refractivity contribution is 5.40. The van der Waals surface area contributed by atoms with Crippen molar-refractivity contribution >= 4 is 6.47 Å². The van der Waals surface area contributed by atoms with Gasteiger partial charge in [0, 0.05) is 6.42 Å². The molecule has 0 aromatic heterocycles. The van der Waals surface area contributed by atoms with Crippen LogP contribution in [0.5, 0.6) is 0 Å². The van der Waals surface area contributed by atoms with Gasteiger partial charge in [-0.3, -0.25) is 4.79 Å². The molecule has 17 heavy (non-hydrogen) atoms. The van der Waals surface area contributed by atoms with Crippen molar-refractivity contribution < 1.29 is 14.6 Å². The molecule has 0 aromatic carbocycles. The number of hydrogen-bond acceptors (Lipinski definition) is 3. The van der Waals surface area contributed by atoms with Gasteiger partial charge in [-0.15, -0.1) is 0 Å². The van der Waals surface area contributed by atoms with E-state index in [1.54, 1.807) is 13.0 Å². The summed E-state index contributed by atoms with van der Waals surface area (Å²) in [4.78, 5) is 9.87. The van der Waals surface area contributed by atoms with Crippen LogP contribution in [0.1, 0.15) is 54.4 Å². The first-order valence-electron chi connectivity index (χ1n) is 5.93. The smallest absolute Gasteiger partial charge is 0.298 e. The summed E-state index contributed by atoms with van der Waals surface area (Å²) in [5.74, 6) is 0.721. The molecule has 3 heteroatoms. The average molecular weight is 242 g/mol. The fourth-order valence-electron chi connectivity index (χ4n) is 0.516. The Kier molecular flexibility index (Phi) is 10.6. The van der Waals surface area contributed by atoms with Crippen molar-refractivity contribution in [1.82, 2.24) is 0 Å². The van der Waals surface area contributed by atoms with E-state index in [0.29, 0.717) is 24.1 Å². The monoisotopic (exact) mass is 242 g/mol. The van der Waals surface area contributed by atoms with Crippen LogP contribution in [0.25, 0.3) is 0 Å². The number of aliphatic hydroxyl groups is 1.